The molecule has 0 unspecified atom stereocenters. The molecule has 2 aromatic rings. The fourth-order valence-corrected chi connectivity index (χ4v) is 6.04. The summed E-state index contributed by atoms with van der Waals surface area (Å²) < 4.78 is 18.8. The van der Waals surface area contributed by atoms with Crippen LogP contribution in [0.4, 0.5) is 4.39 Å². The maximum atomic E-state index is 13.3. The Morgan fingerprint density at radius 2 is 1.51 bits per heavy atom. The van der Waals surface area contributed by atoms with Gasteiger partial charge in [-0.2, -0.15) is 5.26 Å². The molecule has 0 aliphatic heterocycles. The van der Waals surface area contributed by atoms with Crippen molar-refractivity contribution in [2.75, 3.05) is 0 Å². The zero-order valence-electron chi connectivity index (χ0n) is 21.0. The van der Waals surface area contributed by atoms with Crippen molar-refractivity contribution < 1.29 is 13.9 Å². The van der Waals surface area contributed by atoms with E-state index in [2.05, 4.69) is 31.2 Å². The van der Waals surface area contributed by atoms with Crippen LogP contribution in [0, 0.1) is 29.0 Å². The standard InChI is InChI=1S/C31H38FNO2/c1-2-3-4-5-22-6-8-23(9-7-22)24-10-12-25(13-11-24)26-14-16-27(17-15-26)31(34)35-30-19-18-29(32)20-28(30)21-33/h10-13,18-20,22-23,26-27H,2-9,14-17H2,1H3. The summed E-state index contributed by atoms with van der Waals surface area (Å²) in [6, 6.07) is 14.9. The van der Waals surface area contributed by atoms with Crippen LogP contribution in [0.2, 0.25) is 0 Å². The van der Waals surface area contributed by atoms with Gasteiger partial charge in [-0.3, -0.25) is 4.79 Å². The van der Waals surface area contributed by atoms with Crippen LogP contribution in [-0.4, -0.2) is 5.97 Å². The fraction of sp³-hybridized carbons (Fsp3) is 0.548. The number of benzene rings is 2. The Morgan fingerprint density at radius 3 is 2.09 bits per heavy atom. The molecule has 0 radical (unpaired) electrons. The minimum atomic E-state index is -0.511. The summed E-state index contributed by atoms with van der Waals surface area (Å²) in [6.07, 6.45) is 14.4. The van der Waals surface area contributed by atoms with Gasteiger partial charge in [0, 0.05) is 0 Å². The minimum Gasteiger partial charge on any atom is -0.425 e. The van der Waals surface area contributed by atoms with E-state index >= 15 is 0 Å². The normalized spacial score (nSPS) is 24.5. The van der Waals surface area contributed by atoms with Gasteiger partial charge in [0.2, 0.25) is 0 Å². The number of nitrogens with zero attached hydrogens (tertiary/aromatic N) is 1. The van der Waals surface area contributed by atoms with E-state index in [0.717, 1.165) is 37.7 Å². The molecule has 0 atom stereocenters. The Kier molecular flexibility index (Phi) is 8.96. The molecule has 4 rings (SSSR count). The first-order valence-corrected chi connectivity index (χ1v) is 13.6. The van der Waals surface area contributed by atoms with E-state index in [1.54, 1.807) is 0 Å². The second-order valence-electron chi connectivity index (χ2n) is 10.6. The Balaban J connectivity index is 1.25. The van der Waals surface area contributed by atoms with Crippen molar-refractivity contribution in [2.24, 2.45) is 11.8 Å². The third-order valence-corrected chi connectivity index (χ3v) is 8.28. The Morgan fingerprint density at radius 1 is 0.914 bits per heavy atom. The van der Waals surface area contributed by atoms with Gasteiger partial charge in [-0.05, 0) is 98.4 Å². The Labute approximate surface area is 209 Å². The van der Waals surface area contributed by atoms with E-state index in [0.29, 0.717) is 11.8 Å². The molecule has 2 aromatic carbocycles. The van der Waals surface area contributed by atoms with Crippen molar-refractivity contribution in [1.29, 1.82) is 5.26 Å². The summed E-state index contributed by atoms with van der Waals surface area (Å²) in [6.45, 7) is 2.28. The van der Waals surface area contributed by atoms with Crippen molar-refractivity contribution in [3.05, 3.63) is 65.0 Å². The van der Waals surface area contributed by atoms with Crippen molar-refractivity contribution >= 4 is 5.97 Å². The summed E-state index contributed by atoms with van der Waals surface area (Å²) >= 11 is 0. The van der Waals surface area contributed by atoms with Crippen LogP contribution in [0.25, 0.3) is 0 Å². The molecule has 3 nitrogen and oxygen atoms in total. The molecule has 0 spiro atoms. The molecule has 0 bridgehead atoms. The summed E-state index contributed by atoms with van der Waals surface area (Å²) in [5, 5.41) is 9.17. The van der Waals surface area contributed by atoms with Crippen molar-refractivity contribution in [2.45, 2.75) is 95.8 Å². The monoisotopic (exact) mass is 475 g/mol. The zero-order chi connectivity index (χ0) is 24.6. The number of ether oxygens (including phenoxy) is 1. The van der Waals surface area contributed by atoms with Gasteiger partial charge >= 0.3 is 5.97 Å². The number of carbonyl (C=O) groups excluding carboxylic acids is 1. The lowest BCUT2D eigenvalue weighted by molar-refractivity contribution is -0.140. The van der Waals surface area contributed by atoms with Gasteiger partial charge < -0.3 is 4.74 Å². The number of carbonyl (C=O) groups is 1. The number of halogens is 1. The SMILES string of the molecule is CCCCCC1CCC(c2ccc(C3CCC(C(=O)Oc4ccc(F)cc4C#N)CC3)cc2)CC1. The lowest BCUT2D eigenvalue weighted by atomic mass is 9.76. The number of hydrogen-bond donors (Lipinski definition) is 0. The largest absolute Gasteiger partial charge is 0.425 e. The molecule has 0 saturated heterocycles. The van der Waals surface area contributed by atoms with Crippen molar-refractivity contribution in [3.63, 3.8) is 0 Å². The molecule has 2 saturated carbocycles. The van der Waals surface area contributed by atoms with Crippen LogP contribution in [0.3, 0.4) is 0 Å². The highest BCUT2D eigenvalue weighted by molar-refractivity contribution is 5.76. The van der Waals surface area contributed by atoms with Crippen LogP contribution >= 0.6 is 0 Å². The number of unbranched alkanes of at least 4 members (excludes halogenated alkanes) is 2. The molecule has 0 N–H and O–H groups in total. The third-order valence-electron chi connectivity index (χ3n) is 8.28. The average Bonchev–Trinajstić information content (AvgIpc) is 2.90. The fourth-order valence-electron chi connectivity index (χ4n) is 6.04. The van der Waals surface area contributed by atoms with Crippen LogP contribution in [0.1, 0.15) is 112 Å². The van der Waals surface area contributed by atoms with Gasteiger partial charge in [-0.15, -0.1) is 0 Å². The van der Waals surface area contributed by atoms with Crippen LogP contribution in [0.5, 0.6) is 5.75 Å². The van der Waals surface area contributed by atoms with Gasteiger partial charge in [0.25, 0.3) is 0 Å². The first-order chi connectivity index (χ1) is 17.1. The average molecular weight is 476 g/mol. The van der Waals surface area contributed by atoms with Crippen molar-refractivity contribution in [3.8, 4) is 11.8 Å². The van der Waals surface area contributed by atoms with Crippen LogP contribution in [0.15, 0.2) is 42.5 Å². The minimum absolute atomic E-state index is 0.0529. The van der Waals surface area contributed by atoms with Gasteiger partial charge in [0.15, 0.2) is 0 Å². The summed E-state index contributed by atoms with van der Waals surface area (Å²) in [4.78, 5) is 12.7. The zero-order valence-corrected chi connectivity index (χ0v) is 21.0. The number of rotatable bonds is 8. The lowest BCUT2D eigenvalue weighted by Gasteiger charge is -2.30. The van der Waals surface area contributed by atoms with E-state index < -0.39 is 5.82 Å². The number of esters is 1. The number of nitriles is 1. The Hall–Kier alpha value is -2.67. The molecule has 2 aliphatic rings. The predicted molar refractivity (Wildman–Crippen MR) is 137 cm³/mol. The molecule has 0 amide bonds. The molecule has 35 heavy (non-hydrogen) atoms. The molecule has 0 aromatic heterocycles. The van der Waals surface area contributed by atoms with Gasteiger partial charge in [0.1, 0.15) is 17.6 Å². The smallest absolute Gasteiger partial charge is 0.314 e. The lowest BCUT2D eigenvalue weighted by Crippen LogP contribution is -2.25. The summed E-state index contributed by atoms with van der Waals surface area (Å²) in [5.74, 6) is 1.27. The molecule has 186 valence electrons. The second kappa shape index (κ2) is 12.3. The highest BCUT2D eigenvalue weighted by Gasteiger charge is 2.29. The van der Waals surface area contributed by atoms with E-state index in [4.69, 9.17) is 4.74 Å². The molecular formula is C31H38FNO2. The molecule has 2 aliphatic carbocycles. The maximum Gasteiger partial charge on any atom is 0.314 e. The Bertz CT molecular complexity index is 1010. The van der Waals surface area contributed by atoms with Gasteiger partial charge in [0.05, 0.1) is 11.5 Å². The van der Waals surface area contributed by atoms with Crippen LogP contribution < -0.4 is 4.74 Å². The summed E-state index contributed by atoms with van der Waals surface area (Å²) in [7, 11) is 0. The maximum absolute atomic E-state index is 13.3. The van der Waals surface area contributed by atoms with E-state index in [-0.39, 0.29) is 23.2 Å². The van der Waals surface area contributed by atoms with Gasteiger partial charge in [-0.25, -0.2) is 4.39 Å². The highest BCUT2D eigenvalue weighted by Crippen LogP contribution is 2.40. The van der Waals surface area contributed by atoms with Crippen molar-refractivity contribution in [1.82, 2.24) is 0 Å². The predicted octanol–water partition coefficient (Wildman–Crippen LogP) is 8.43. The molecular weight excluding hydrogens is 437 g/mol. The van der Waals surface area contributed by atoms with Crippen LogP contribution in [-0.2, 0) is 4.79 Å². The first-order valence-electron chi connectivity index (χ1n) is 13.6. The molecule has 2 fully saturated rings. The second-order valence-corrected chi connectivity index (χ2v) is 10.6. The third kappa shape index (κ3) is 6.72. The van der Waals surface area contributed by atoms with Gasteiger partial charge in [-0.1, -0.05) is 56.9 Å². The van der Waals surface area contributed by atoms with E-state index in [1.807, 2.05) is 6.07 Å². The highest BCUT2D eigenvalue weighted by atomic mass is 19.1. The van der Waals surface area contributed by atoms with E-state index in [1.165, 1.54) is 74.6 Å². The topological polar surface area (TPSA) is 50.1 Å². The molecule has 4 heteroatoms. The molecule has 0 heterocycles. The quantitative estimate of drug-likeness (QED) is 0.219. The van der Waals surface area contributed by atoms with E-state index in [9.17, 15) is 14.4 Å². The number of hydrogen-bond acceptors (Lipinski definition) is 3. The summed E-state index contributed by atoms with van der Waals surface area (Å²) in [5.41, 5.74) is 2.92. The first kappa shape index (κ1) is 25.4.